The van der Waals surface area contributed by atoms with Gasteiger partial charge in [0.2, 0.25) is 0 Å². The van der Waals surface area contributed by atoms with Gasteiger partial charge in [-0.05, 0) is 19.4 Å². The topological polar surface area (TPSA) is 50.6 Å². The van der Waals surface area contributed by atoms with Crippen molar-refractivity contribution in [2.45, 2.75) is 25.5 Å². The van der Waals surface area contributed by atoms with Gasteiger partial charge in [0.25, 0.3) is 5.91 Å². The zero-order valence-electron chi connectivity index (χ0n) is 13.0. The van der Waals surface area contributed by atoms with Crippen molar-refractivity contribution in [1.82, 2.24) is 19.4 Å². The zero-order valence-corrected chi connectivity index (χ0v) is 13.0. The number of piperazine rings is 1. The van der Waals surface area contributed by atoms with E-state index in [9.17, 15) is 4.79 Å². The Morgan fingerprint density at radius 3 is 2.81 bits per heavy atom. The molecule has 0 saturated carbocycles. The molecule has 0 N–H and O–H groups in total. The Morgan fingerprint density at radius 2 is 2.19 bits per heavy atom. The first-order chi connectivity index (χ1) is 10.1. The van der Waals surface area contributed by atoms with Crippen molar-refractivity contribution in [3.05, 3.63) is 18.2 Å². The Kier molecular flexibility index (Phi) is 3.99. The van der Waals surface area contributed by atoms with E-state index in [1.54, 1.807) is 0 Å². The number of amides is 1. The quantitative estimate of drug-likeness (QED) is 0.803. The molecule has 0 aromatic carbocycles. The number of carbonyl (C=O) groups excluding carboxylic acids is 1. The summed E-state index contributed by atoms with van der Waals surface area (Å²) in [5.74, 6) is 1.48. The van der Waals surface area contributed by atoms with Gasteiger partial charge in [0.05, 0.1) is 6.04 Å². The number of hydrogen-bond acceptors (Lipinski definition) is 4. The van der Waals surface area contributed by atoms with Crippen molar-refractivity contribution in [2.75, 3.05) is 33.3 Å². The number of rotatable bonds is 2. The molecular formula is C15H24N4O2. The number of hydrogen-bond donors (Lipinski definition) is 0. The second-order valence-electron chi connectivity index (χ2n) is 6.23. The molecule has 2 fully saturated rings. The summed E-state index contributed by atoms with van der Waals surface area (Å²) < 4.78 is 7.66. The number of imidazole rings is 1. The molecule has 3 atom stereocenters. The summed E-state index contributed by atoms with van der Waals surface area (Å²) in [4.78, 5) is 21.3. The van der Waals surface area contributed by atoms with Gasteiger partial charge < -0.3 is 14.2 Å². The molecule has 1 amide bonds. The van der Waals surface area contributed by atoms with E-state index in [0.29, 0.717) is 19.1 Å². The van der Waals surface area contributed by atoms with Crippen molar-refractivity contribution in [3.63, 3.8) is 0 Å². The largest absolute Gasteiger partial charge is 0.368 e. The predicted molar refractivity (Wildman–Crippen MR) is 78.7 cm³/mol. The SMILES string of the molecule is C[C@@H]1CCO[C@H]1C(=O)N1CCN(C)[C@@H](c2nccn2C)C1. The summed E-state index contributed by atoms with van der Waals surface area (Å²) in [6, 6.07) is 0.152. The normalized spacial score (nSPS) is 30.8. The van der Waals surface area contributed by atoms with Gasteiger partial charge in [-0.15, -0.1) is 0 Å². The van der Waals surface area contributed by atoms with E-state index in [2.05, 4.69) is 23.9 Å². The summed E-state index contributed by atoms with van der Waals surface area (Å²) in [6.45, 7) is 5.12. The molecule has 3 heterocycles. The molecule has 0 spiro atoms. The molecule has 21 heavy (non-hydrogen) atoms. The second kappa shape index (κ2) is 5.77. The average molecular weight is 292 g/mol. The van der Waals surface area contributed by atoms with Crippen LogP contribution in [0.4, 0.5) is 0 Å². The Labute approximate surface area is 125 Å². The fraction of sp³-hybridized carbons (Fsp3) is 0.733. The number of likely N-dealkylation sites (N-methyl/N-ethyl adjacent to an activating group) is 1. The molecule has 0 unspecified atom stereocenters. The van der Waals surface area contributed by atoms with E-state index in [-0.39, 0.29) is 18.1 Å². The standard InChI is InChI=1S/C15H24N4O2/c1-11-4-9-21-13(11)15(20)19-8-7-17(2)12(10-19)14-16-5-6-18(14)3/h5-6,11-13H,4,7-10H2,1-3H3/t11-,12-,13-/m1/s1. The smallest absolute Gasteiger partial charge is 0.252 e. The van der Waals surface area contributed by atoms with Gasteiger partial charge >= 0.3 is 0 Å². The molecule has 1 aromatic heterocycles. The van der Waals surface area contributed by atoms with E-state index in [1.165, 1.54) is 0 Å². The maximum atomic E-state index is 12.7. The van der Waals surface area contributed by atoms with Crippen molar-refractivity contribution >= 4 is 5.91 Å². The van der Waals surface area contributed by atoms with Crippen molar-refractivity contribution in [1.29, 1.82) is 0 Å². The molecule has 2 saturated heterocycles. The van der Waals surface area contributed by atoms with Gasteiger partial charge in [-0.1, -0.05) is 6.92 Å². The maximum absolute atomic E-state index is 12.7. The Bertz CT molecular complexity index is 516. The molecule has 6 nitrogen and oxygen atoms in total. The highest BCUT2D eigenvalue weighted by Gasteiger charge is 2.37. The lowest BCUT2D eigenvalue weighted by atomic mass is 10.0. The Morgan fingerprint density at radius 1 is 1.38 bits per heavy atom. The molecule has 2 aliphatic rings. The van der Waals surface area contributed by atoms with Crippen molar-refractivity contribution < 1.29 is 9.53 Å². The number of aromatic nitrogens is 2. The van der Waals surface area contributed by atoms with Crippen LogP contribution in [0, 0.1) is 5.92 Å². The van der Waals surface area contributed by atoms with Crippen LogP contribution in [0.3, 0.4) is 0 Å². The van der Waals surface area contributed by atoms with E-state index in [1.807, 2.05) is 28.9 Å². The lowest BCUT2D eigenvalue weighted by Crippen LogP contribution is -2.52. The first-order valence-electron chi connectivity index (χ1n) is 7.65. The number of carbonyl (C=O) groups is 1. The summed E-state index contributed by atoms with van der Waals surface area (Å²) >= 11 is 0. The van der Waals surface area contributed by atoms with Gasteiger partial charge in [-0.25, -0.2) is 4.98 Å². The third-order valence-corrected chi connectivity index (χ3v) is 4.75. The number of ether oxygens (including phenoxy) is 1. The molecule has 0 aliphatic carbocycles. The van der Waals surface area contributed by atoms with Crippen LogP contribution in [0.1, 0.15) is 25.2 Å². The summed E-state index contributed by atoms with van der Waals surface area (Å²) in [6.07, 6.45) is 4.49. The van der Waals surface area contributed by atoms with Crippen molar-refractivity contribution in [2.24, 2.45) is 13.0 Å². The van der Waals surface area contributed by atoms with Gasteiger partial charge in [0.1, 0.15) is 11.9 Å². The molecule has 0 bridgehead atoms. The minimum atomic E-state index is -0.254. The maximum Gasteiger partial charge on any atom is 0.252 e. The molecule has 3 rings (SSSR count). The van der Waals surface area contributed by atoms with Crippen LogP contribution in [-0.4, -0.2) is 64.7 Å². The van der Waals surface area contributed by atoms with Gasteiger partial charge in [-0.3, -0.25) is 9.69 Å². The minimum absolute atomic E-state index is 0.146. The highest BCUT2D eigenvalue weighted by atomic mass is 16.5. The van der Waals surface area contributed by atoms with Gasteiger partial charge in [-0.2, -0.15) is 0 Å². The van der Waals surface area contributed by atoms with Crippen LogP contribution in [-0.2, 0) is 16.6 Å². The van der Waals surface area contributed by atoms with Gasteiger partial charge in [0.15, 0.2) is 0 Å². The minimum Gasteiger partial charge on any atom is -0.368 e. The average Bonchev–Trinajstić information content (AvgIpc) is 3.07. The van der Waals surface area contributed by atoms with Gasteiger partial charge in [0, 0.05) is 45.7 Å². The lowest BCUT2D eigenvalue weighted by molar-refractivity contribution is -0.145. The Balaban J connectivity index is 1.74. The molecule has 1 aromatic rings. The predicted octanol–water partition coefficient (Wildman–Crippen LogP) is 0.660. The van der Waals surface area contributed by atoms with E-state index in [0.717, 1.165) is 25.3 Å². The summed E-state index contributed by atoms with van der Waals surface area (Å²) in [5, 5.41) is 0. The second-order valence-corrected chi connectivity index (χ2v) is 6.23. The molecule has 6 heteroatoms. The highest BCUT2D eigenvalue weighted by molar-refractivity contribution is 5.81. The number of nitrogens with zero attached hydrogens (tertiary/aromatic N) is 4. The molecule has 0 radical (unpaired) electrons. The third kappa shape index (κ3) is 2.70. The van der Waals surface area contributed by atoms with Crippen LogP contribution in [0.5, 0.6) is 0 Å². The Hall–Kier alpha value is -1.40. The molecule has 2 aliphatic heterocycles. The lowest BCUT2D eigenvalue weighted by Gasteiger charge is -2.40. The summed E-state index contributed by atoms with van der Waals surface area (Å²) in [7, 11) is 4.09. The van der Waals surface area contributed by atoms with E-state index < -0.39 is 0 Å². The number of aryl methyl sites for hydroxylation is 1. The van der Waals surface area contributed by atoms with Crippen LogP contribution in [0.15, 0.2) is 12.4 Å². The van der Waals surface area contributed by atoms with Crippen LogP contribution >= 0.6 is 0 Å². The van der Waals surface area contributed by atoms with Crippen LogP contribution in [0.25, 0.3) is 0 Å². The van der Waals surface area contributed by atoms with Crippen molar-refractivity contribution in [3.8, 4) is 0 Å². The van der Waals surface area contributed by atoms with Crippen LogP contribution in [0.2, 0.25) is 0 Å². The fourth-order valence-electron chi connectivity index (χ4n) is 3.24. The fourth-order valence-corrected chi connectivity index (χ4v) is 3.24. The van der Waals surface area contributed by atoms with E-state index >= 15 is 0 Å². The zero-order chi connectivity index (χ0) is 15.0. The monoisotopic (exact) mass is 292 g/mol. The highest BCUT2D eigenvalue weighted by Crippen LogP contribution is 2.26. The third-order valence-electron chi connectivity index (χ3n) is 4.75. The van der Waals surface area contributed by atoms with Crippen LogP contribution < -0.4 is 0 Å². The summed E-state index contributed by atoms with van der Waals surface area (Å²) in [5.41, 5.74) is 0. The van der Waals surface area contributed by atoms with E-state index in [4.69, 9.17) is 4.74 Å². The first kappa shape index (κ1) is 14.5. The molecule has 116 valence electrons. The first-order valence-corrected chi connectivity index (χ1v) is 7.65. The molecular weight excluding hydrogens is 268 g/mol.